The lowest BCUT2D eigenvalue weighted by Gasteiger charge is -2.06. The number of rotatable bonds is 6. The Morgan fingerprint density at radius 3 is 2.52 bits per heavy atom. The molecule has 21 heavy (non-hydrogen) atoms. The summed E-state index contributed by atoms with van der Waals surface area (Å²) in [5.74, 6) is -3.51. The van der Waals surface area contributed by atoms with Gasteiger partial charge in [0.25, 0.3) is 0 Å². The van der Waals surface area contributed by atoms with Crippen LogP contribution in [0.3, 0.4) is 0 Å². The van der Waals surface area contributed by atoms with Crippen LogP contribution in [0.2, 0.25) is 0 Å². The Bertz CT molecular complexity index is 726. The Balaban J connectivity index is 2.27. The summed E-state index contributed by atoms with van der Waals surface area (Å²) >= 11 is 2.04. The average Bonchev–Trinajstić information content (AvgIpc) is 2.78. The summed E-state index contributed by atoms with van der Waals surface area (Å²) in [5.41, 5.74) is 0.534. The highest BCUT2D eigenvalue weighted by atomic mass is 32.2. The van der Waals surface area contributed by atoms with Gasteiger partial charge in [0, 0.05) is 0 Å². The van der Waals surface area contributed by atoms with Gasteiger partial charge in [0.15, 0.2) is 4.34 Å². The van der Waals surface area contributed by atoms with Gasteiger partial charge in [0.1, 0.15) is 5.25 Å². The van der Waals surface area contributed by atoms with Crippen LogP contribution in [0.15, 0.2) is 22.5 Å². The van der Waals surface area contributed by atoms with Crippen LogP contribution in [0.4, 0.5) is 0 Å². The van der Waals surface area contributed by atoms with Gasteiger partial charge in [-0.2, -0.15) is 0 Å². The van der Waals surface area contributed by atoms with E-state index < -0.39 is 29.6 Å². The van der Waals surface area contributed by atoms with Crippen molar-refractivity contribution >= 4 is 51.2 Å². The summed E-state index contributed by atoms with van der Waals surface area (Å²) in [6, 6.07) is 4.42. The van der Waals surface area contributed by atoms with Crippen molar-refractivity contribution in [2.75, 3.05) is 0 Å². The predicted molar refractivity (Wildman–Crippen MR) is 76.1 cm³/mol. The third-order valence-corrected chi connectivity index (χ3v) is 4.81. The molecule has 1 heterocycles. The molecule has 7 nitrogen and oxygen atoms in total. The molecule has 0 spiro atoms. The molecule has 3 N–H and O–H groups in total. The predicted octanol–water partition coefficient (Wildman–Crippen LogP) is 2.01. The number of hydrogen-bond acceptors (Lipinski definition) is 6. The highest BCUT2D eigenvalue weighted by Gasteiger charge is 2.24. The molecule has 0 aliphatic heterocycles. The number of carbonyl (C=O) groups is 3. The van der Waals surface area contributed by atoms with Gasteiger partial charge in [0.2, 0.25) is 0 Å². The van der Waals surface area contributed by atoms with Gasteiger partial charge in [-0.25, -0.2) is 9.78 Å². The number of aromatic carboxylic acids is 1. The number of hydrogen-bond donors (Lipinski definition) is 3. The van der Waals surface area contributed by atoms with Gasteiger partial charge in [-0.05, 0) is 18.2 Å². The summed E-state index contributed by atoms with van der Waals surface area (Å²) in [6.07, 6.45) is -0.518. The summed E-state index contributed by atoms with van der Waals surface area (Å²) in [4.78, 5) is 36.7. The van der Waals surface area contributed by atoms with Crippen molar-refractivity contribution in [2.24, 2.45) is 0 Å². The molecule has 9 heteroatoms. The summed E-state index contributed by atoms with van der Waals surface area (Å²) in [6.45, 7) is 0. The maximum atomic E-state index is 11.0. The SMILES string of the molecule is O=C(O)CC(Sc1nc2cc(C(=O)O)ccc2s1)C(=O)O. The first kappa shape index (κ1) is 15.3. The maximum Gasteiger partial charge on any atom is 0.335 e. The van der Waals surface area contributed by atoms with Crippen LogP contribution in [-0.4, -0.2) is 43.5 Å². The minimum atomic E-state index is -1.23. The molecule has 2 aromatic rings. The van der Waals surface area contributed by atoms with Crippen LogP contribution in [0, 0.1) is 0 Å². The van der Waals surface area contributed by atoms with Crippen molar-refractivity contribution < 1.29 is 29.7 Å². The van der Waals surface area contributed by atoms with E-state index in [9.17, 15) is 14.4 Å². The van der Waals surface area contributed by atoms with Crippen molar-refractivity contribution in [3.8, 4) is 0 Å². The Kier molecular flexibility index (Phi) is 4.43. The molecule has 0 saturated heterocycles. The van der Waals surface area contributed by atoms with E-state index in [4.69, 9.17) is 15.3 Å². The average molecular weight is 327 g/mol. The Hall–Kier alpha value is -2.13. The summed E-state index contributed by atoms with van der Waals surface area (Å²) < 4.78 is 1.10. The van der Waals surface area contributed by atoms with E-state index in [1.807, 2.05) is 0 Å². The molecule has 0 saturated carbocycles. The van der Waals surface area contributed by atoms with Crippen molar-refractivity contribution in [2.45, 2.75) is 16.0 Å². The quantitative estimate of drug-likeness (QED) is 0.688. The lowest BCUT2D eigenvalue weighted by Crippen LogP contribution is -2.20. The molecule has 0 bridgehead atoms. The number of carboxylic acids is 3. The molecule has 0 aliphatic carbocycles. The molecule has 0 fully saturated rings. The topological polar surface area (TPSA) is 125 Å². The Morgan fingerprint density at radius 2 is 1.95 bits per heavy atom. The number of benzene rings is 1. The van der Waals surface area contributed by atoms with Crippen LogP contribution in [0.25, 0.3) is 10.2 Å². The van der Waals surface area contributed by atoms with Crippen LogP contribution in [0.5, 0.6) is 0 Å². The third kappa shape index (κ3) is 3.70. The first-order chi connectivity index (χ1) is 9.86. The zero-order valence-electron chi connectivity index (χ0n) is 10.3. The fraction of sp³-hybridized carbons (Fsp3) is 0.167. The van der Waals surface area contributed by atoms with E-state index in [1.54, 1.807) is 6.07 Å². The van der Waals surface area contributed by atoms with Crippen molar-refractivity contribution in [1.29, 1.82) is 0 Å². The smallest absolute Gasteiger partial charge is 0.335 e. The molecular formula is C12H9NO6S2. The maximum absolute atomic E-state index is 11.0. The molecule has 110 valence electrons. The molecule has 2 rings (SSSR count). The fourth-order valence-corrected chi connectivity index (χ4v) is 3.76. The second-order valence-corrected chi connectivity index (χ2v) is 6.49. The molecule has 1 aromatic carbocycles. The minimum Gasteiger partial charge on any atom is -0.481 e. The van der Waals surface area contributed by atoms with Gasteiger partial charge in [-0.3, -0.25) is 9.59 Å². The number of thiazole rings is 1. The largest absolute Gasteiger partial charge is 0.481 e. The number of thioether (sulfide) groups is 1. The molecule has 0 aliphatic rings. The van der Waals surface area contributed by atoms with Gasteiger partial charge < -0.3 is 15.3 Å². The molecule has 1 unspecified atom stereocenters. The highest BCUT2D eigenvalue weighted by molar-refractivity contribution is 8.02. The summed E-state index contributed by atoms with van der Waals surface area (Å²) in [7, 11) is 0. The lowest BCUT2D eigenvalue weighted by atomic mass is 10.2. The molecule has 1 atom stereocenters. The van der Waals surface area contributed by atoms with Crippen molar-refractivity contribution in [1.82, 2.24) is 4.98 Å². The normalized spacial score (nSPS) is 12.2. The fourth-order valence-electron chi connectivity index (χ4n) is 1.55. The van der Waals surface area contributed by atoms with Crippen LogP contribution < -0.4 is 0 Å². The van der Waals surface area contributed by atoms with E-state index in [-0.39, 0.29) is 5.56 Å². The van der Waals surface area contributed by atoms with E-state index >= 15 is 0 Å². The first-order valence-electron chi connectivity index (χ1n) is 5.62. The number of carboxylic acid groups (broad SMARTS) is 3. The molecule has 0 amide bonds. The van der Waals surface area contributed by atoms with Gasteiger partial charge >= 0.3 is 17.9 Å². The van der Waals surface area contributed by atoms with E-state index in [0.29, 0.717) is 14.6 Å². The van der Waals surface area contributed by atoms with E-state index in [0.717, 1.165) is 11.8 Å². The van der Waals surface area contributed by atoms with Crippen molar-refractivity contribution in [3.63, 3.8) is 0 Å². The molecular weight excluding hydrogens is 318 g/mol. The zero-order valence-corrected chi connectivity index (χ0v) is 12.0. The van der Waals surface area contributed by atoms with E-state index in [1.165, 1.54) is 23.5 Å². The number of aromatic nitrogens is 1. The van der Waals surface area contributed by atoms with Gasteiger partial charge in [0.05, 0.1) is 22.2 Å². The van der Waals surface area contributed by atoms with Crippen LogP contribution >= 0.6 is 23.1 Å². The monoisotopic (exact) mass is 327 g/mol. The van der Waals surface area contributed by atoms with Crippen molar-refractivity contribution in [3.05, 3.63) is 23.8 Å². The molecule has 0 radical (unpaired) electrons. The Morgan fingerprint density at radius 1 is 1.24 bits per heavy atom. The highest BCUT2D eigenvalue weighted by Crippen LogP contribution is 2.33. The van der Waals surface area contributed by atoms with Crippen LogP contribution in [0.1, 0.15) is 16.8 Å². The van der Waals surface area contributed by atoms with E-state index in [2.05, 4.69) is 4.98 Å². The van der Waals surface area contributed by atoms with Gasteiger partial charge in [-0.15, -0.1) is 11.3 Å². The second kappa shape index (κ2) is 6.10. The molecule has 1 aromatic heterocycles. The summed E-state index contributed by atoms with van der Waals surface area (Å²) in [5, 5.41) is 25.4. The Labute approximate surface area is 126 Å². The number of fused-ring (bicyclic) bond motifs is 1. The van der Waals surface area contributed by atoms with Gasteiger partial charge in [-0.1, -0.05) is 11.8 Å². The zero-order chi connectivity index (χ0) is 15.6. The number of aliphatic carboxylic acids is 2. The van der Waals surface area contributed by atoms with Crippen LogP contribution in [-0.2, 0) is 9.59 Å². The standard InChI is InChI=1S/C12H9NO6S2/c14-9(15)4-8(11(18)19)21-12-13-6-3-5(10(16)17)1-2-7(6)20-12/h1-3,8H,4H2,(H,14,15)(H,16,17)(H,18,19). The second-order valence-electron chi connectivity index (χ2n) is 4.01. The lowest BCUT2D eigenvalue weighted by molar-refractivity contribution is -0.142. The minimum absolute atomic E-state index is 0.0877. The third-order valence-electron chi connectivity index (χ3n) is 2.49. The number of nitrogens with zero attached hydrogens (tertiary/aromatic N) is 1. The first-order valence-corrected chi connectivity index (χ1v) is 7.31.